The SMILES string of the molecule is CCCOc1cccc(Sc2ccc3c(c2)CCC3)c1N. The lowest BCUT2D eigenvalue weighted by atomic mass is 10.1. The van der Waals surface area contributed by atoms with Crippen molar-refractivity contribution < 1.29 is 4.74 Å². The number of fused-ring (bicyclic) bond motifs is 1. The molecule has 110 valence electrons. The van der Waals surface area contributed by atoms with Gasteiger partial charge < -0.3 is 10.5 Å². The fourth-order valence-corrected chi connectivity index (χ4v) is 3.64. The van der Waals surface area contributed by atoms with Crippen molar-refractivity contribution in [1.82, 2.24) is 0 Å². The Morgan fingerprint density at radius 2 is 2.00 bits per heavy atom. The van der Waals surface area contributed by atoms with Gasteiger partial charge in [-0.2, -0.15) is 0 Å². The summed E-state index contributed by atoms with van der Waals surface area (Å²) >= 11 is 1.72. The standard InChI is InChI=1S/C18H21NOS/c1-2-11-20-16-7-4-8-17(18(16)19)21-15-10-9-13-5-3-6-14(13)12-15/h4,7-10,12H,2-3,5-6,11,19H2,1H3. The van der Waals surface area contributed by atoms with Gasteiger partial charge in [0, 0.05) is 9.79 Å². The maximum Gasteiger partial charge on any atom is 0.143 e. The molecule has 0 spiro atoms. The molecule has 0 aliphatic heterocycles. The van der Waals surface area contributed by atoms with Crippen LogP contribution in [0, 0.1) is 0 Å². The van der Waals surface area contributed by atoms with E-state index in [1.165, 1.54) is 35.3 Å². The molecule has 0 heterocycles. The van der Waals surface area contributed by atoms with Crippen molar-refractivity contribution in [2.75, 3.05) is 12.3 Å². The molecule has 2 N–H and O–H groups in total. The number of para-hydroxylation sites is 1. The van der Waals surface area contributed by atoms with E-state index in [9.17, 15) is 0 Å². The van der Waals surface area contributed by atoms with E-state index >= 15 is 0 Å². The molecule has 0 radical (unpaired) electrons. The number of aryl methyl sites for hydroxylation is 2. The molecule has 0 fully saturated rings. The van der Waals surface area contributed by atoms with Gasteiger partial charge in [-0.15, -0.1) is 0 Å². The summed E-state index contributed by atoms with van der Waals surface area (Å²) in [4.78, 5) is 2.33. The average molecular weight is 299 g/mol. The minimum Gasteiger partial charge on any atom is -0.491 e. The average Bonchev–Trinajstić information content (AvgIpc) is 2.96. The van der Waals surface area contributed by atoms with E-state index in [0.29, 0.717) is 6.61 Å². The normalized spacial score (nSPS) is 13.2. The van der Waals surface area contributed by atoms with Gasteiger partial charge in [0.05, 0.1) is 12.3 Å². The highest BCUT2D eigenvalue weighted by Gasteiger charge is 2.12. The van der Waals surface area contributed by atoms with Crippen molar-refractivity contribution in [2.45, 2.75) is 42.4 Å². The number of ether oxygens (including phenoxy) is 1. The third-order valence-electron chi connectivity index (χ3n) is 3.79. The Kier molecular flexibility index (Phi) is 4.39. The molecule has 0 saturated heterocycles. The fourth-order valence-electron chi connectivity index (χ4n) is 2.69. The van der Waals surface area contributed by atoms with Gasteiger partial charge in [0.1, 0.15) is 5.75 Å². The van der Waals surface area contributed by atoms with Crippen LogP contribution in [0.3, 0.4) is 0 Å². The van der Waals surface area contributed by atoms with E-state index in [1.807, 2.05) is 12.1 Å². The van der Waals surface area contributed by atoms with Gasteiger partial charge in [-0.05, 0) is 61.1 Å². The van der Waals surface area contributed by atoms with Crippen LogP contribution >= 0.6 is 11.8 Å². The molecule has 0 atom stereocenters. The molecule has 1 aliphatic carbocycles. The van der Waals surface area contributed by atoms with Crippen molar-refractivity contribution >= 4 is 17.4 Å². The molecule has 0 unspecified atom stereocenters. The fraction of sp³-hybridized carbons (Fsp3) is 0.333. The van der Waals surface area contributed by atoms with E-state index in [1.54, 1.807) is 11.8 Å². The Labute approximate surface area is 130 Å². The highest BCUT2D eigenvalue weighted by molar-refractivity contribution is 7.99. The second kappa shape index (κ2) is 6.44. The monoisotopic (exact) mass is 299 g/mol. The lowest BCUT2D eigenvalue weighted by Crippen LogP contribution is -1.99. The zero-order valence-electron chi connectivity index (χ0n) is 12.4. The Hall–Kier alpha value is -1.61. The smallest absolute Gasteiger partial charge is 0.143 e. The van der Waals surface area contributed by atoms with E-state index in [0.717, 1.165) is 22.8 Å². The minimum atomic E-state index is 0.706. The molecule has 2 nitrogen and oxygen atoms in total. The Morgan fingerprint density at radius 3 is 2.86 bits per heavy atom. The molecule has 21 heavy (non-hydrogen) atoms. The number of anilines is 1. The van der Waals surface area contributed by atoms with Gasteiger partial charge in [-0.1, -0.05) is 30.8 Å². The number of nitrogen functional groups attached to an aromatic ring is 1. The number of rotatable bonds is 5. The minimum absolute atomic E-state index is 0.706. The highest BCUT2D eigenvalue weighted by Crippen LogP contribution is 2.38. The van der Waals surface area contributed by atoms with Crippen LogP contribution < -0.4 is 10.5 Å². The number of nitrogens with two attached hydrogens (primary N) is 1. The van der Waals surface area contributed by atoms with Crippen LogP contribution in [-0.4, -0.2) is 6.61 Å². The van der Waals surface area contributed by atoms with Gasteiger partial charge in [0.25, 0.3) is 0 Å². The quantitative estimate of drug-likeness (QED) is 0.813. The first-order chi connectivity index (χ1) is 10.3. The van der Waals surface area contributed by atoms with E-state index in [-0.39, 0.29) is 0 Å². The molecule has 0 aromatic heterocycles. The predicted octanol–water partition coefficient (Wildman–Crippen LogP) is 4.70. The molecular weight excluding hydrogens is 278 g/mol. The molecule has 0 saturated carbocycles. The third kappa shape index (κ3) is 3.18. The molecular formula is C18H21NOS. The van der Waals surface area contributed by atoms with Crippen LogP contribution in [0.25, 0.3) is 0 Å². The van der Waals surface area contributed by atoms with E-state index in [4.69, 9.17) is 10.5 Å². The van der Waals surface area contributed by atoms with Gasteiger partial charge in [-0.25, -0.2) is 0 Å². The largest absolute Gasteiger partial charge is 0.491 e. The van der Waals surface area contributed by atoms with Crippen LogP contribution in [-0.2, 0) is 12.8 Å². The van der Waals surface area contributed by atoms with Crippen molar-refractivity contribution in [1.29, 1.82) is 0 Å². The first kappa shape index (κ1) is 14.3. The summed E-state index contributed by atoms with van der Waals surface area (Å²) in [5.41, 5.74) is 9.99. The summed E-state index contributed by atoms with van der Waals surface area (Å²) in [5, 5.41) is 0. The van der Waals surface area contributed by atoms with Gasteiger partial charge >= 0.3 is 0 Å². The predicted molar refractivity (Wildman–Crippen MR) is 89.2 cm³/mol. The number of benzene rings is 2. The van der Waals surface area contributed by atoms with Crippen LogP contribution in [0.5, 0.6) is 5.75 Å². The lowest BCUT2D eigenvalue weighted by molar-refractivity contribution is 0.318. The van der Waals surface area contributed by atoms with Gasteiger partial charge in [0.15, 0.2) is 0 Å². The summed E-state index contributed by atoms with van der Waals surface area (Å²) in [6.45, 7) is 2.80. The summed E-state index contributed by atoms with van der Waals surface area (Å²) in [6, 6.07) is 12.8. The molecule has 0 amide bonds. The zero-order valence-corrected chi connectivity index (χ0v) is 13.2. The van der Waals surface area contributed by atoms with E-state index < -0.39 is 0 Å². The summed E-state index contributed by atoms with van der Waals surface area (Å²) in [7, 11) is 0. The van der Waals surface area contributed by atoms with Crippen LogP contribution in [0.1, 0.15) is 30.9 Å². The number of hydrogen-bond donors (Lipinski definition) is 1. The van der Waals surface area contributed by atoms with Crippen molar-refractivity contribution in [2.24, 2.45) is 0 Å². The van der Waals surface area contributed by atoms with Crippen LogP contribution in [0.15, 0.2) is 46.2 Å². The van der Waals surface area contributed by atoms with Crippen LogP contribution in [0.2, 0.25) is 0 Å². The summed E-state index contributed by atoms with van der Waals surface area (Å²) < 4.78 is 5.70. The Morgan fingerprint density at radius 1 is 1.14 bits per heavy atom. The maximum absolute atomic E-state index is 6.24. The molecule has 2 aromatic carbocycles. The lowest BCUT2D eigenvalue weighted by Gasteiger charge is -2.12. The molecule has 0 bridgehead atoms. The van der Waals surface area contributed by atoms with Crippen LogP contribution in [0.4, 0.5) is 5.69 Å². The summed E-state index contributed by atoms with van der Waals surface area (Å²) in [6.07, 6.45) is 4.70. The summed E-state index contributed by atoms with van der Waals surface area (Å²) in [5.74, 6) is 0.794. The topological polar surface area (TPSA) is 35.2 Å². The van der Waals surface area contributed by atoms with Gasteiger partial charge in [-0.3, -0.25) is 0 Å². The maximum atomic E-state index is 6.24. The third-order valence-corrected chi connectivity index (χ3v) is 4.85. The number of hydrogen-bond acceptors (Lipinski definition) is 3. The highest BCUT2D eigenvalue weighted by atomic mass is 32.2. The molecule has 2 aromatic rings. The van der Waals surface area contributed by atoms with Crippen molar-refractivity contribution in [3.63, 3.8) is 0 Å². The van der Waals surface area contributed by atoms with Crippen molar-refractivity contribution in [3.05, 3.63) is 47.5 Å². The second-order valence-electron chi connectivity index (χ2n) is 5.40. The van der Waals surface area contributed by atoms with E-state index in [2.05, 4.69) is 31.2 Å². The molecule has 3 heteroatoms. The van der Waals surface area contributed by atoms with Crippen molar-refractivity contribution in [3.8, 4) is 5.75 Å². The zero-order chi connectivity index (χ0) is 14.7. The molecule has 1 aliphatic rings. The second-order valence-corrected chi connectivity index (χ2v) is 6.52. The first-order valence-corrected chi connectivity index (χ1v) is 8.40. The Bertz CT molecular complexity index is 639. The first-order valence-electron chi connectivity index (χ1n) is 7.59. The van der Waals surface area contributed by atoms with Gasteiger partial charge in [0.2, 0.25) is 0 Å². The Balaban J connectivity index is 1.81. The molecule has 3 rings (SSSR count).